The van der Waals surface area contributed by atoms with Gasteiger partial charge in [-0.2, -0.15) is 0 Å². The van der Waals surface area contributed by atoms with Crippen LogP contribution in [-0.4, -0.2) is 49.1 Å². The molecular formula is C15H29N3O. The summed E-state index contributed by atoms with van der Waals surface area (Å²) >= 11 is 0. The topological polar surface area (TPSA) is 44.4 Å². The Kier molecular flexibility index (Phi) is 5.64. The molecule has 0 bridgehead atoms. The quantitative estimate of drug-likeness (QED) is 0.793. The normalized spacial score (nSPS) is 28.8. The van der Waals surface area contributed by atoms with E-state index in [1.54, 1.807) is 0 Å². The number of amides is 1. The first-order valence-electron chi connectivity index (χ1n) is 7.91. The summed E-state index contributed by atoms with van der Waals surface area (Å²) in [6, 6.07) is 1.25. The Morgan fingerprint density at radius 2 is 1.95 bits per heavy atom. The van der Waals surface area contributed by atoms with Crippen molar-refractivity contribution >= 4 is 5.91 Å². The van der Waals surface area contributed by atoms with Gasteiger partial charge in [0.05, 0.1) is 6.04 Å². The molecule has 2 unspecified atom stereocenters. The molecule has 2 N–H and O–H groups in total. The number of rotatable bonds is 5. The highest BCUT2D eigenvalue weighted by Crippen LogP contribution is 2.21. The Hall–Kier alpha value is -0.610. The average molecular weight is 267 g/mol. The SMILES string of the molecule is CC1CCCC(C(=O)NCCN(C)C2CCCC2)N1. The predicted octanol–water partition coefficient (Wildman–Crippen LogP) is 1.51. The van der Waals surface area contributed by atoms with Gasteiger partial charge in [0.1, 0.15) is 0 Å². The summed E-state index contributed by atoms with van der Waals surface area (Å²) in [5, 5.41) is 6.47. The van der Waals surface area contributed by atoms with Crippen molar-refractivity contribution in [3.05, 3.63) is 0 Å². The van der Waals surface area contributed by atoms with Gasteiger partial charge < -0.3 is 15.5 Å². The molecule has 0 aromatic rings. The molecule has 2 fully saturated rings. The molecule has 0 aromatic carbocycles. The van der Waals surface area contributed by atoms with Gasteiger partial charge in [-0.3, -0.25) is 4.79 Å². The molecule has 1 saturated carbocycles. The van der Waals surface area contributed by atoms with Gasteiger partial charge >= 0.3 is 0 Å². The molecule has 2 aliphatic rings. The number of hydrogen-bond donors (Lipinski definition) is 2. The Morgan fingerprint density at radius 1 is 1.21 bits per heavy atom. The fourth-order valence-electron chi connectivity index (χ4n) is 3.35. The van der Waals surface area contributed by atoms with Gasteiger partial charge in [0.15, 0.2) is 0 Å². The molecule has 1 aliphatic heterocycles. The van der Waals surface area contributed by atoms with Crippen LogP contribution < -0.4 is 10.6 Å². The maximum atomic E-state index is 12.1. The lowest BCUT2D eigenvalue weighted by atomic mass is 9.99. The summed E-state index contributed by atoms with van der Waals surface area (Å²) in [6.07, 6.45) is 8.71. The highest BCUT2D eigenvalue weighted by atomic mass is 16.2. The lowest BCUT2D eigenvalue weighted by Gasteiger charge is -2.28. The van der Waals surface area contributed by atoms with Gasteiger partial charge in [-0.15, -0.1) is 0 Å². The maximum Gasteiger partial charge on any atom is 0.237 e. The van der Waals surface area contributed by atoms with Gasteiger partial charge in [0, 0.05) is 25.2 Å². The Balaban J connectivity index is 1.63. The Morgan fingerprint density at radius 3 is 2.63 bits per heavy atom. The number of carbonyl (C=O) groups is 1. The maximum absolute atomic E-state index is 12.1. The zero-order chi connectivity index (χ0) is 13.7. The molecule has 1 saturated heterocycles. The highest BCUT2D eigenvalue weighted by molar-refractivity contribution is 5.81. The summed E-state index contributed by atoms with van der Waals surface area (Å²) in [7, 11) is 2.18. The summed E-state index contributed by atoms with van der Waals surface area (Å²) in [4.78, 5) is 14.5. The van der Waals surface area contributed by atoms with Crippen molar-refractivity contribution in [2.75, 3.05) is 20.1 Å². The van der Waals surface area contributed by atoms with E-state index in [9.17, 15) is 4.79 Å². The van der Waals surface area contributed by atoms with Gasteiger partial charge in [-0.1, -0.05) is 12.8 Å². The van der Waals surface area contributed by atoms with E-state index in [2.05, 4.69) is 29.5 Å². The van der Waals surface area contributed by atoms with Crippen molar-refractivity contribution in [2.24, 2.45) is 0 Å². The molecule has 1 aliphatic carbocycles. The minimum atomic E-state index is 0.0283. The molecule has 2 atom stereocenters. The second-order valence-corrected chi connectivity index (χ2v) is 6.26. The minimum Gasteiger partial charge on any atom is -0.353 e. The van der Waals surface area contributed by atoms with Crippen LogP contribution >= 0.6 is 0 Å². The molecule has 1 heterocycles. The van der Waals surface area contributed by atoms with E-state index in [1.807, 2.05) is 0 Å². The van der Waals surface area contributed by atoms with Crippen molar-refractivity contribution in [1.29, 1.82) is 0 Å². The molecule has 0 aromatic heterocycles. The van der Waals surface area contributed by atoms with E-state index in [0.717, 1.165) is 32.0 Å². The van der Waals surface area contributed by atoms with Crippen molar-refractivity contribution in [3.8, 4) is 0 Å². The van der Waals surface area contributed by atoms with E-state index in [-0.39, 0.29) is 11.9 Å². The summed E-state index contributed by atoms with van der Waals surface area (Å²) < 4.78 is 0. The molecule has 2 rings (SSSR count). The largest absolute Gasteiger partial charge is 0.353 e. The average Bonchev–Trinajstić information content (AvgIpc) is 2.92. The van der Waals surface area contributed by atoms with E-state index in [1.165, 1.54) is 32.1 Å². The second-order valence-electron chi connectivity index (χ2n) is 6.26. The number of nitrogens with one attached hydrogen (secondary N) is 2. The second kappa shape index (κ2) is 7.25. The molecule has 0 radical (unpaired) electrons. The lowest BCUT2D eigenvalue weighted by molar-refractivity contribution is -0.124. The lowest BCUT2D eigenvalue weighted by Crippen LogP contribution is -2.51. The van der Waals surface area contributed by atoms with Crippen LogP contribution in [0.5, 0.6) is 0 Å². The fourth-order valence-corrected chi connectivity index (χ4v) is 3.35. The first-order chi connectivity index (χ1) is 9.16. The smallest absolute Gasteiger partial charge is 0.237 e. The van der Waals surface area contributed by atoms with E-state index in [4.69, 9.17) is 0 Å². The van der Waals surface area contributed by atoms with Crippen LogP contribution in [0.2, 0.25) is 0 Å². The molecule has 1 amide bonds. The van der Waals surface area contributed by atoms with Crippen LogP contribution in [-0.2, 0) is 4.79 Å². The third-order valence-corrected chi connectivity index (χ3v) is 4.64. The van der Waals surface area contributed by atoms with Crippen LogP contribution in [0.25, 0.3) is 0 Å². The number of likely N-dealkylation sites (N-methyl/N-ethyl adjacent to an activating group) is 1. The predicted molar refractivity (Wildman–Crippen MR) is 78.1 cm³/mol. The van der Waals surface area contributed by atoms with E-state index < -0.39 is 0 Å². The summed E-state index contributed by atoms with van der Waals surface area (Å²) in [5.74, 6) is 0.186. The summed E-state index contributed by atoms with van der Waals surface area (Å²) in [6.45, 7) is 3.91. The monoisotopic (exact) mass is 267 g/mol. The molecule has 4 heteroatoms. The van der Waals surface area contributed by atoms with E-state index >= 15 is 0 Å². The van der Waals surface area contributed by atoms with Crippen LogP contribution in [0.4, 0.5) is 0 Å². The van der Waals surface area contributed by atoms with Gasteiger partial charge in [0.25, 0.3) is 0 Å². The standard InChI is InChI=1S/C15H29N3O/c1-12-6-5-9-14(17-12)15(19)16-10-11-18(2)13-7-3-4-8-13/h12-14,17H,3-11H2,1-2H3,(H,16,19). The number of piperidine rings is 1. The molecule has 0 spiro atoms. The van der Waals surface area contributed by atoms with Crippen LogP contribution in [0.15, 0.2) is 0 Å². The zero-order valence-corrected chi connectivity index (χ0v) is 12.5. The minimum absolute atomic E-state index is 0.0283. The molecule has 4 nitrogen and oxygen atoms in total. The van der Waals surface area contributed by atoms with Crippen molar-refractivity contribution < 1.29 is 4.79 Å². The molecular weight excluding hydrogens is 238 g/mol. The first kappa shape index (κ1) is 14.8. The Labute approximate surface area is 117 Å². The first-order valence-corrected chi connectivity index (χ1v) is 7.91. The fraction of sp³-hybridized carbons (Fsp3) is 0.933. The highest BCUT2D eigenvalue weighted by Gasteiger charge is 2.24. The van der Waals surface area contributed by atoms with Crippen LogP contribution in [0.3, 0.4) is 0 Å². The number of hydrogen-bond acceptors (Lipinski definition) is 3. The van der Waals surface area contributed by atoms with E-state index in [0.29, 0.717) is 6.04 Å². The van der Waals surface area contributed by atoms with Gasteiger partial charge in [-0.05, 0) is 46.1 Å². The van der Waals surface area contributed by atoms with Crippen LogP contribution in [0, 0.1) is 0 Å². The Bertz CT molecular complexity index is 289. The van der Waals surface area contributed by atoms with Crippen molar-refractivity contribution in [2.45, 2.75) is 70.0 Å². The van der Waals surface area contributed by atoms with Crippen molar-refractivity contribution in [3.63, 3.8) is 0 Å². The van der Waals surface area contributed by atoms with Crippen molar-refractivity contribution in [1.82, 2.24) is 15.5 Å². The number of nitrogens with zero attached hydrogens (tertiary/aromatic N) is 1. The third-order valence-electron chi connectivity index (χ3n) is 4.64. The zero-order valence-electron chi connectivity index (χ0n) is 12.5. The third kappa shape index (κ3) is 4.46. The summed E-state index contributed by atoms with van der Waals surface area (Å²) in [5.41, 5.74) is 0. The molecule has 110 valence electrons. The van der Waals surface area contributed by atoms with Crippen LogP contribution in [0.1, 0.15) is 51.9 Å². The van der Waals surface area contributed by atoms with Gasteiger partial charge in [-0.25, -0.2) is 0 Å². The van der Waals surface area contributed by atoms with Gasteiger partial charge in [0.2, 0.25) is 5.91 Å². The molecule has 19 heavy (non-hydrogen) atoms. The number of carbonyl (C=O) groups excluding carboxylic acids is 1.